The smallest absolute Gasteiger partial charge is 0 e. The van der Waals surface area contributed by atoms with E-state index in [1.807, 2.05) is 0 Å². The van der Waals surface area contributed by atoms with Crippen LogP contribution in [-0.2, 0) is 32.7 Å². The molecule has 3 heteroatoms. The molecule has 0 fully saturated rings. The zero-order chi connectivity index (χ0) is 3.58. The minimum Gasteiger partial charge on any atom is -0.412 e. The fraction of sp³-hybridized carbons (Fsp3) is 0. The molecule has 0 saturated heterocycles. The SMILES string of the molecule is [CH2-]C(=N)N.[Y]. The fourth-order valence-corrected chi connectivity index (χ4v) is 0. The molecule has 0 bridgehead atoms. The first kappa shape index (κ1) is 9.06. The summed E-state index contributed by atoms with van der Waals surface area (Å²) in [5.74, 6) is -0.0833. The standard InChI is InChI=1S/C2H5N2.Y/c1-2(3)4;/h1H2,(H3,3,4);/q-1;. The second-order valence-corrected chi connectivity index (χ2v) is 0.525. The van der Waals surface area contributed by atoms with Gasteiger partial charge in [-0.3, -0.25) is 0 Å². The molecule has 0 aromatic carbocycles. The summed E-state index contributed by atoms with van der Waals surface area (Å²) >= 11 is 0. The van der Waals surface area contributed by atoms with E-state index in [1.54, 1.807) is 0 Å². The molecule has 3 N–H and O–H groups in total. The first-order chi connectivity index (χ1) is 1.73. The van der Waals surface area contributed by atoms with Crippen molar-refractivity contribution in [1.82, 2.24) is 0 Å². The summed E-state index contributed by atoms with van der Waals surface area (Å²) in [6.45, 7) is 3.00. The third-order valence-corrected chi connectivity index (χ3v) is 0. The Balaban J connectivity index is 0. The Kier molecular flexibility index (Phi) is 8.06. The van der Waals surface area contributed by atoms with Gasteiger partial charge < -0.3 is 18.1 Å². The summed E-state index contributed by atoms with van der Waals surface area (Å²) in [6, 6.07) is 0. The van der Waals surface area contributed by atoms with Gasteiger partial charge in [-0.25, -0.2) is 0 Å². The molecule has 0 aromatic rings. The number of rotatable bonds is 0. The van der Waals surface area contributed by atoms with E-state index in [1.165, 1.54) is 0 Å². The molecule has 0 saturated carbocycles. The Morgan fingerprint density at radius 1 is 1.80 bits per heavy atom. The summed E-state index contributed by atoms with van der Waals surface area (Å²) < 4.78 is 0. The van der Waals surface area contributed by atoms with E-state index in [0.29, 0.717) is 0 Å². The number of hydrogen-bond acceptors (Lipinski definition) is 1. The third kappa shape index (κ3) is 135. The number of amidine groups is 1. The van der Waals surface area contributed by atoms with Gasteiger partial charge in [0.15, 0.2) is 0 Å². The van der Waals surface area contributed by atoms with Crippen LogP contribution in [0.1, 0.15) is 0 Å². The van der Waals surface area contributed by atoms with E-state index >= 15 is 0 Å². The van der Waals surface area contributed by atoms with E-state index < -0.39 is 0 Å². The summed E-state index contributed by atoms with van der Waals surface area (Å²) in [6.07, 6.45) is 0. The molecule has 0 amide bonds. The van der Waals surface area contributed by atoms with Crippen molar-refractivity contribution >= 4 is 5.84 Å². The van der Waals surface area contributed by atoms with Crippen LogP contribution in [0.2, 0.25) is 0 Å². The summed E-state index contributed by atoms with van der Waals surface area (Å²) in [4.78, 5) is 0. The first-order valence-electron chi connectivity index (χ1n) is 0.892. The van der Waals surface area contributed by atoms with Crippen molar-refractivity contribution in [2.24, 2.45) is 5.73 Å². The van der Waals surface area contributed by atoms with Gasteiger partial charge in [0.05, 0.1) is 0 Å². The molecule has 5 heavy (non-hydrogen) atoms. The molecular weight excluding hydrogens is 141 g/mol. The van der Waals surface area contributed by atoms with Crippen LogP contribution >= 0.6 is 0 Å². The Morgan fingerprint density at radius 3 is 1.80 bits per heavy atom. The predicted molar refractivity (Wildman–Crippen MR) is 17.3 cm³/mol. The maximum Gasteiger partial charge on any atom is 0 e. The number of nitrogens with one attached hydrogen (secondary N) is 1. The van der Waals surface area contributed by atoms with E-state index in [0.717, 1.165) is 0 Å². The molecule has 1 radical (unpaired) electrons. The van der Waals surface area contributed by atoms with Crippen molar-refractivity contribution in [3.05, 3.63) is 6.92 Å². The van der Waals surface area contributed by atoms with Crippen LogP contribution in [0.25, 0.3) is 0 Å². The van der Waals surface area contributed by atoms with Crippen molar-refractivity contribution in [3.63, 3.8) is 0 Å². The van der Waals surface area contributed by atoms with Gasteiger partial charge in [0.25, 0.3) is 0 Å². The molecule has 0 aliphatic heterocycles. The molecule has 2 nitrogen and oxygen atoms in total. The van der Waals surface area contributed by atoms with Gasteiger partial charge in [-0.2, -0.15) is 0 Å². The van der Waals surface area contributed by atoms with Crippen molar-refractivity contribution in [2.75, 3.05) is 0 Å². The maximum absolute atomic E-state index is 6.17. The normalized spacial score (nSPS) is 4.80. The minimum atomic E-state index is -0.0833. The largest absolute Gasteiger partial charge is 0.412 e. The molecule has 0 rings (SSSR count). The average Bonchev–Trinajstić information content (AvgIpc) is 0.811. The zero-order valence-corrected chi connectivity index (χ0v) is 5.70. The Morgan fingerprint density at radius 2 is 1.80 bits per heavy atom. The second-order valence-electron chi connectivity index (χ2n) is 0.525. The summed E-state index contributed by atoms with van der Waals surface area (Å²) in [5.41, 5.74) is 4.58. The van der Waals surface area contributed by atoms with Crippen LogP contribution < -0.4 is 5.73 Å². The van der Waals surface area contributed by atoms with Crippen LogP contribution in [-0.4, -0.2) is 5.84 Å². The summed E-state index contributed by atoms with van der Waals surface area (Å²) in [5, 5.41) is 6.17. The van der Waals surface area contributed by atoms with Crippen molar-refractivity contribution in [1.29, 1.82) is 5.41 Å². The Labute approximate surface area is 56.5 Å². The Bertz CT molecular complexity index is 30.6. The maximum atomic E-state index is 6.17. The van der Waals surface area contributed by atoms with Crippen LogP contribution in [0, 0.1) is 12.3 Å². The van der Waals surface area contributed by atoms with Crippen molar-refractivity contribution < 1.29 is 32.7 Å². The first-order valence-corrected chi connectivity index (χ1v) is 0.892. The van der Waals surface area contributed by atoms with Gasteiger partial charge in [-0.15, -0.1) is 0 Å². The molecule has 0 aliphatic rings. The minimum absolute atomic E-state index is 0. The molecule has 0 atom stereocenters. The molecule has 27 valence electrons. The number of nitrogens with two attached hydrogens (primary N) is 1. The molecule has 0 aromatic heterocycles. The van der Waals surface area contributed by atoms with Gasteiger partial charge in [-0.05, 0) is 0 Å². The molecule has 0 unspecified atom stereocenters. The predicted octanol–water partition coefficient (Wildman–Crippen LogP) is -0.246. The topological polar surface area (TPSA) is 49.9 Å². The zero-order valence-electron chi connectivity index (χ0n) is 2.86. The van der Waals surface area contributed by atoms with Gasteiger partial charge in [0.1, 0.15) is 0 Å². The van der Waals surface area contributed by atoms with Crippen molar-refractivity contribution in [2.45, 2.75) is 0 Å². The quantitative estimate of drug-likeness (QED) is 0.276. The Hall–Kier alpha value is 0.444. The molecule has 0 aliphatic carbocycles. The van der Waals surface area contributed by atoms with E-state index in [9.17, 15) is 0 Å². The van der Waals surface area contributed by atoms with Crippen molar-refractivity contribution in [3.8, 4) is 0 Å². The fourth-order valence-electron chi connectivity index (χ4n) is 0. The molecular formula is C2H5N2Y-. The monoisotopic (exact) mass is 146 g/mol. The van der Waals surface area contributed by atoms with E-state index in [4.69, 9.17) is 5.41 Å². The van der Waals surface area contributed by atoms with Crippen LogP contribution in [0.5, 0.6) is 0 Å². The second kappa shape index (κ2) is 4.44. The van der Waals surface area contributed by atoms with Crippen LogP contribution in [0.3, 0.4) is 0 Å². The summed E-state index contributed by atoms with van der Waals surface area (Å²) in [7, 11) is 0. The molecule has 0 heterocycles. The third-order valence-electron chi connectivity index (χ3n) is 0. The van der Waals surface area contributed by atoms with Gasteiger partial charge >= 0.3 is 0 Å². The van der Waals surface area contributed by atoms with Gasteiger partial charge in [0, 0.05) is 32.7 Å². The molecule has 0 spiro atoms. The van der Waals surface area contributed by atoms with E-state index in [-0.39, 0.29) is 38.5 Å². The van der Waals surface area contributed by atoms with Crippen LogP contribution in [0.4, 0.5) is 0 Å². The van der Waals surface area contributed by atoms with E-state index in [2.05, 4.69) is 12.7 Å². The van der Waals surface area contributed by atoms with Gasteiger partial charge in [-0.1, -0.05) is 5.84 Å². The number of hydrogen-bond donors (Lipinski definition) is 2. The van der Waals surface area contributed by atoms with Crippen LogP contribution in [0.15, 0.2) is 0 Å². The average molecular weight is 146 g/mol. The van der Waals surface area contributed by atoms with Gasteiger partial charge in [0.2, 0.25) is 0 Å².